The van der Waals surface area contributed by atoms with E-state index in [9.17, 15) is 0 Å². The van der Waals surface area contributed by atoms with Crippen molar-refractivity contribution in [3.63, 3.8) is 0 Å². The Hall–Kier alpha value is -1.68. The lowest BCUT2D eigenvalue weighted by molar-refractivity contribution is 0.330. The SMILES string of the molecule is CCCNC1CCCC1c1nc(-c2ccccc2C)no1. The van der Waals surface area contributed by atoms with Gasteiger partial charge in [0.05, 0.1) is 5.92 Å². The number of hydrogen-bond acceptors (Lipinski definition) is 4. The molecule has 4 nitrogen and oxygen atoms in total. The summed E-state index contributed by atoms with van der Waals surface area (Å²) >= 11 is 0. The van der Waals surface area contributed by atoms with Gasteiger partial charge in [0.15, 0.2) is 0 Å². The second kappa shape index (κ2) is 6.39. The number of benzene rings is 1. The third kappa shape index (κ3) is 3.00. The maximum Gasteiger partial charge on any atom is 0.231 e. The van der Waals surface area contributed by atoms with Gasteiger partial charge in [-0.05, 0) is 38.3 Å². The van der Waals surface area contributed by atoms with E-state index in [0.29, 0.717) is 17.8 Å². The highest BCUT2D eigenvalue weighted by Gasteiger charge is 2.32. The predicted molar refractivity (Wildman–Crippen MR) is 83.1 cm³/mol. The van der Waals surface area contributed by atoms with E-state index in [4.69, 9.17) is 4.52 Å². The van der Waals surface area contributed by atoms with Gasteiger partial charge in [0, 0.05) is 11.6 Å². The van der Waals surface area contributed by atoms with Crippen molar-refractivity contribution in [3.8, 4) is 11.4 Å². The van der Waals surface area contributed by atoms with Gasteiger partial charge >= 0.3 is 0 Å². The van der Waals surface area contributed by atoms with E-state index < -0.39 is 0 Å². The van der Waals surface area contributed by atoms with Crippen molar-refractivity contribution in [3.05, 3.63) is 35.7 Å². The third-order valence-electron chi connectivity index (χ3n) is 4.32. The van der Waals surface area contributed by atoms with Crippen LogP contribution in [0, 0.1) is 6.92 Å². The molecule has 0 spiro atoms. The molecule has 2 unspecified atom stereocenters. The molecule has 0 amide bonds. The molecule has 1 aliphatic carbocycles. The van der Waals surface area contributed by atoms with Gasteiger partial charge in [-0.3, -0.25) is 0 Å². The second-order valence-corrected chi connectivity index (χ2v) is 5.87. The first-order chi connectivity index (χ1) is 10.3. The number of aromatic nitrogens is 2. The van der Waals surface area contributed by atoms with E-state index in [1.807, 2.05) is 18.2 Å². The van der Waals surface area contributed by atoms with Gasteiger partial charge in [-0.15, -0.1) is 0 Å². The molecule has 1 saturated carbocycles. The molecule has 0 bridgehead atoms. The summed E-state index contributed by atoms with van der Waals surface area (Å²) in [6.07, 6.45) is 4.72. The van der Waals surface area contributed by atoms with Crippen LogP contribution in [0.25, 0.3) is 11.4 Å². The van der Waals surface area contributed by atoms with Crippen LogP contribution < -0.4 is 5.32 Å². The van der Waals surface area contributed by atoms with Gasteiger partial charge in [0.2, 0.25) is 11.7 Å². The van der Waals surface area contributed by atoms with Crippen LogP contribution in [0.5, 0.6) is 0 Å². The van der Waals surface area contributed by atoms with Gasteiger partial charge in [-0.2, -0.15) is 4.98 Å². The molecule has 0 radical (unpaired) electrons. The van der Waals surface area contributed by atoms with Crippen molar-refractivity contribution in [2.75, 3.05) is 6.54 Å². The first-order valence-corrected chi connectivity index (χ1v) is 7.92. The Bertz CT molecular complexity index is 593. The lowest BCUT2D eigenvalue weighted by Gasteiger charge is -2.17. The third-order valence-corrected chi connectivity index (χ3v) is 4.32. The van der Waals surface area contributed by atoms with E-state index in [0.717, 1.165) is 30.8 Å². The Morgan fingerprint density at radius 1 is 1.29 bits per heavy atom. The van der Waals surface area contributed by atoms with Gasteiger partial charge in [0.25, 0.3) is 0 Å². The zero-order valence-corrected chi connectivity index (χ0v) is 12.8. The summed E-state index contributed by atoms with van der Waals surface area (Å²) in [5.41, 5.74) is 2.24. The maximum atomic E-state index is 5.57. The van der Waals surface area contributed by atoms with Crippen molar-refractivity contribution in [2.45, 2.75) is 51.5 Å². The molecular weight excluding hydrogens is 262 g/mol. The second-order valence-electron chi connectivity index (χ2n) is 5.87. The fourth-order valence-corrected chi connectivity index (χ4v) is 3.15. The van der Waals surface area contributed by atoms with E-state index >= 15 is 0 Å². The molecule has 4 heteroatoms. The maximum absolute atomic E-state index is 5.57. The van der Waals surface area contributed by atoms with Crippen LogP contribution in [0.2, 0.25) is 0 Å². The van der Waals surface area contributed by atoms with Crippen molar-refractivity contribution in [1.82, 2.24) is 15.5 Å². The molecular formula is C17H23N3O. The van der Waals surface area contributed by atoms with Gasteiger partial charge in [0.1, 0.15) is 0 Å². The first-order valence-electron chi connectivity index (χ1n) is 7.92. The molecule has 2 aromatic rings. The van der Waals surface area contributed by atoms with Crippen LogP contribution in [0.1, 0.15) is 50.0 Å². The quantitative estimate of drug-likeness (QED) is 0.910. The number of nitrogens with zero attached hydrogens (tertiary/aromatic N) is 2. The zero-order chi connectivity index (χ0) is 14.7. The molecule has 1 N–H and O–H groups in total. The summed E-state index contributed by atoms with van der Waals surface area (Å²) < 4.78 is 5.57. The lowest BCUT2D eigenvalue weighted by atomic mass is 10.0. The Morgan fingerprint density at radius 2 is 2.14 bits per heavy atom. The molecule has 1 heterocycles. The van der Waals surface area contributed by atoms with Gasteiger partial charge in [-0.25, -0.2) is 0 Å². The largest absolute Gasteiger partial charge is 0.339 e. The Balaban J connectivity index is 1.80. The molecule has 1 aromatic carbocycles. The monoisotopic (exact) mass is 285 g/mol. The summed E-state index contributed by atoms with van der Waals surface area (Å²) in [5.74, 6) is 1.87. The zero-order valence-electron chi connectivity index (χ0n) is 12.8. The topological polar surface area (TPSA) is 51.0 Å². The van der Waals surface area contributed by atoms with Crippen LogP contribution in [0.3, 0.4) is 0 Å². The predicted octanol–water partition coefficient (Wildman–Crippen LogP) is 3.68. The number of aryl methyl sites for hydroxylation is 1. The van der Waals surface area contributed by atoms with E-state index in [1.54, 1.807) is 0 Å². The highest BCUT2D eigenvalue weighted by atomic mass is 16.5. The van der Waals surface area contributed by atoms with Crippen molar-refractivity contribution in [2.24, 2.45) is 0 Å². The molecule has 1 aliphatic rings. The fourth-order valence-electron chi connectivity index (χ4n) is 3.15. The molecule has 2 atom stereocenters. The number of hydrogen-bond donors (Lipinski definition) is 1. The molecule has 21 heavy (non-hydrogen) atoms. The first kappa shape index (κ1) is 14.3. The van der Waals surface area contributed by atoms with Gasteiger partial charge < -0.3 is 9.84 Å². The normalized spacial score (nSPS) is 21.8. The summed E-state index contributed by atoms with van der Waals surface area (Å²) in [6.45, 7) is 5.33. The molecule has 112 valence electrons. The van der Waals surface area contributed by atoms with Crippen LogP contribution >= 0.6 is 0 Å². The Morgan fingerprint density at radius 3 is 2.95 bits per heavy atom. The van der Waals surface area contributed by atoms with Crippen molar-refractivity contribution < 1.29 is 4.52 Å². The minimum Gasteiger partial charge on any atom is -0.339 e. The minimum atomic E-state index is 0.363. The smallest absolute Gasteiger partial charge is 0.231 e. The molecule has 0 aliphatic heterocycles. The average molecular weight is 285 g/mol. The highest BCUT2D eigenvalue weighted by molar-refractivity contribution is 5.59. The van der Waals surface area contributed by atoms with E-state index in [1.165, 1.54) is 18.4 Å². The van der Waals surface area contributed by atoms with Crippen LogP contribution in [0.15, 0.2) is 28.8 Å². The summed E-state index contributed by atoms with van der Waals surface area (Å²) in [5, 5.41) is 7.81. The average Bonchev–Trinajstić information content (AvgIpc) is 3.14. The van der Waals surface area contributed by atoms with Crippen LogP contribution in [0.4, 0.5) is 0 Å². The van der Waals surface area contributed by atoms with Gasteiger partial charge in [-0.1, -0.05) is 42.8 Å². The minimum absolute atomic E-state index is 0.363. The van der Waals surface area contributed by atoms with Crippen molar-refractivity contribution in [1.29, 1.82) is 0 Å². The summed E-state index contributed by atoms with van der Waals surface area (Å²) in [4.78, 5) is 4.66. The summed E-state index contributed by atoms with van der Waals surface area (Å²) in [7, 11) is 0. The fraction of sp³-hybridized carbons (Fsp3) is 0.529. The standard InChI is InChI=1S/C17H23N3O/c1-3-11-18-15-10-6-9-14(15)17-19-16(20-21-17)13-8-5-4-7-12(13)2/h4-5,7-8,14-15,18H,3,6,9-11H2,1-2H3. The van der Waals surface area contributed by atoms with Crippen molar-refractivity contribution >= 4 is 0 Å². The van der Waals surface area contributed by atoms with E-state index in [-0.39, 0.29) is 0 Å². The summed E-state index contributed by atoms with van der Waals surface area (Å²) in [6, 6.07) is 8.65. The lowest BCUT2D eigenvalue weighted by Crippen LogP contribution is -2.31. The number of rotatable bonds is 5. The molecule has 3 rings (SSSR count). The number of nitrogens with one attached hydrogen (secondary N) is 1. The molecule has 1 fully saturated rings. The Kier molecular flexibility index (Phi) is 4.34. The van der Waals surface area contributed by atoms with Crippen LogP contribution in [-0.4, -0.2) is 22.7 Å². The highest BCUT2D eigenvalue weighted by Crippen LogP contribution is 2.34. The Labute approximate surface area is 126 Å². The molecule has 1 aromatic heterocycles. The van der Waals surface area contributed by atoms with Crippen LogP contribution in [-0.2, 0) is 0 Å². The molecule has 0 saturated heterocycles. The van der Waals surface area contributed by atoms with E-state index in [2.05, 4.69) is 35.4 Å².